The fraction of sp³-hybridized carbons (Fsp3) is 0.533. The first-order valence-electron chi connectivity index (χ1n) is 7.74. The summed E-state index contributed by atoms with van der Waals surface area (Å²) in [4.78, 5) is 24.4. The number of likely N-dealkylation sites (tertiary alicyclic amines) is 1. The van der Waals surface area contributed by atoms with Crippen LogP contribution in [0.1, 0.15) is 24.8 Å². The molecule has 1 aliphatic rings. The van der Waals surface area contributed by atoms with Crippen LogP contribution >= 0.6 is 0 Å². The second-order valence-electron chi connectivity index (χ2n) is 5.96. The average Bonchev–Trinajstić information content (AvgIpc) is 2.53. The molecule has 9 heteroatoms. The Morgan fingerprint density at radius 2 is 2.00 bits per heavy atom. The van der Waals surface area contributed by atoms with E-state index in [0.717, 1.165) is 25.5 Å². The molecule has 24 heavy (non-hydrogen) atoms. The lowest BCUT2D eigenvalue weighted by Gasteiger charge is -2.36. The number of rotatable bonds is 6. The summed E-state index contributed by atoms with van der Waals surface area (Å²) in [6.45, 7) is 0.812. The second kappa shape index (κ2) is 7.71. The molecule has 0 spiro atoms. The molecule has 0 saturated carbocycles. The molecule has 0 aliphatic carbocycles. The molecule has 1 amide bonds. The van der Waals surface area contributed by atoms with Crippen molar-refractivity contribution in [1.82, 2.24) is 9.62 Å². The number of amides is 1. The number of piperidine rings is 1. The zero-order valence-electron chi connectivity index (χ0n) is 13.5. The first kappa shape index (κ1) is 18.3. The predicted octanol–water partition coefficient (Wildman–Crippen LogP) is 1.07. The van der Waals surface area contributed by atoms with Gasteiger partial charge in [0, 0.05) is 31.3 Å². The maximum Gasteiger partial charge on any atom is 0.269 e. The summed E-state index contributed by atoms with van der Waals surface area (Å²) >= 11 is 0. The first-order valence-corrected chi connectivity index (χ1v) is 9.63. The smallest absolute Gasteiger partial charge is 0.269 e. The molecule has 1 saturated heterocycles. The van der Waals surface area contributed by atoms with Crippen molar-refractivity contribution in [3.8, 4) is 0 Å². The number of carbonyl (C=O) groups is 1. The molecule has 1 fully saturated rings. The number of nitro benzene ring substituents is 1. The van der Waals surface area contributed by atoms with E-state index in [2.05, 4.69) is 4.72 Å². The van der Waals surface area contributed by atoms with Crippen LogP contribution in [0, 0.1) is 10.1 Å². The van der Waals surface area contributed by atoms with Crippen molar-refractivity contribution in [3.05, 3.63) is 39.9 Å². The zero-order chi connectivity index (χ0) is 17.7. The molecule has 1 atom stereocenters. The van der Waals surface area contributed by atoms with Gasteiger partial charge in [-0.05, 0) is 24.8 Å². The van der Waals surface area contributed by atoms with E-state index in [1.807, 2.05) is 0 Å². The summed E-state index contributed by atoms with van der Waals surface area (Å²) in [5.41, 5.74) is 0.686. The lowest BCUT2D eigenvalue weighted by atomic mass is 10.0. The SMILES string of the molecule is CS(=O)(=O)NCC1CCCCN1C(=O)Cc1ccc([N+](=O)[O-])cc1. The molecule has 1 heterocycles. The van der Waals surface area contributed by atoms with E-state index in [4.69, 9.17) is 0 Å². The van der Waals surface area contributed by atoms with E-state index in [-0.39, 0.29) is 30.6 Å². The summed E-state index contributed by atoms with van der Waals surface area (Å²) in [7, 11) is -3.30. The lowest BCUT2D eigenvalue weighted by Crippen LogP contribution is -2.49. The van der Waals surface area contributed by atoms with Crippen LogP contribution in [0.3, 0.4) is 0 Å². The van der Waals surface area contributed by atoms with E-state index in [1.165, 1.54) is 12.1 Å². The minimum atomic E-state index is -3.30. The van der Waals surface area contributed by atoms with Crippen LogP contribution in [-0.2, 0) is 21.2 Å². The molecule has 1 N–H and O–H groups in total. The van der Waals surface area contributed by atoms with Gasteiger partial charge in [-0.1, -0.05) is 12.1 Å². The van der Waals surface area contributed by atoms with Crippen LogP contribution in [0.2, 0.25) is 0 Å². The van der Waals surface area contributed by atoms with Crippen molar-refractivity contribution in [2.45, 2.75) is 31.7 Å². The fourth-order valence-corrected chi connectivity index (χ4v) is 3.30. The molecular formula is C15H21N3O5S. The Bertz CT molecular complexity index is 702. The van der Waals surface area contributed by atoms with Crippen LogP contribution < -0.4 is 4.72 Å². The predicted molar refractivity (Wildman–Crippen MR) is 89.0 cm³/mol. The van der Waals surface area contributed by atoms with Gasteiger partial charge in [0.15, 0.2) is 0 Å². The van der Waals surface area contributed by atoms with Crippen LogP contribution in [0.25, 0.3) is 0 Å². The molecule has 1 aromatic carbocycles. The van der Waals surface area contributed by atoms with Crippen molar-refractivity contribution in [1.29, 1.82) is 0 Å². The third-order valence-electron chi connectivity index (χ3n) is 4.03. The molecule has 1 unspecified atom stereocenters. The molecule has 0 bridgehead atoms. The average molecular weight is 355 g/mol. The molecule has 1 aliphatic heterocycles. The zero-order valence-corrected chi connectivity index (χ0v) is 14.3. The number of nitro groups is 1. The number of hydrogen-bond acceptors (Lipinski definition) is 5. The van der Waals surface area contributed by atoms with Crippen molar-refractivity contribution >= 4 is 21.6 Å². The third-order valence-corrected chi connectivity index (χ3v) is 4.72. The largest absolute Gasteiger partial charge is 0.338 e. The number of nitrogens with zero attached hydrogens (tertiary/aromatic N) is 2. The minimum absolute atomic E-state index is 0.0144. The Hall–Kier alpha value is -2.00. The number of sulfonamides is 1. The maximum absolute atomic E-state index is 12.5. The van der Waals surface area contributed by atoms with E-state index in [1.54, 1.807) is 17.0 Å². The molecule has 0 aromatic heterocycles. The van der Waals surface area contributed by atoms with Gasteiger partial charge in [0.2, 0.25) is 15.9 Å². The van der Waals surface area contributed by atoms with Crippen molar-refractivity contribution in [3.63, 3.8) is 0 Å². The van der Waals surface area contributed by atoms with Gasteiger partial charge in [-0.2, -0.15) is 0 Å². The van der Waals surface area contributed by atoms with Gasteiger partial charge in [-0.3, -0.25) is 14.9 Å². The second-order valence-corrected chi connectivity index (χ2v) is 7.79. The van der Waals surface area contributed by atoms with Gasteiger partial charge in [-0.15, -0.1) is 0 Å². The number of non-ortho nitro benzene ring substituents is 1. The van der Waals surface area contributed by atoms with E-state index in [0.29, 0.717) is 12.1 Å². The fourth-order valence-electron chi connectivity index (χ4n) is 2.80. The summed E-state index contributed by atoms with van der Waals surface area (Å²) < 4.78 is 25.0. The Morgan fingerprint density at radius 1 is 1.33 bits per heavy atom. The Kier molecular flexibility index (Phi) is 5.89. The van der Waals surface area contributed by atoms with Crippen LogP contribution in [0.4, 0.5) is 5.69 Å². The topological polar surface area (TPSA) is 110 Å². The Balaban J connectivity index is 2.01. The van der Waals surface area contributed by atoms with Crippen molar-refractivity contribution in [2.75, 3.05) is 19.3 Å². The Morgan fingerprint density at radius 3 is 2.58 bits per heavy atom. The van der Waals surface area contributed by atoms with Gasteiger partial charge >= 0.3 is 0 Å². The summed E-state index contributed by atoms with van der Waals surface area (Å²) in [6.07, 6.45) is 3.85. The lowest BCUT2D eigenvalue weighted by molar-refractivity contribution is -0.384. The maximum atomic E-state index is 12.5. The molecular weight excluding hydrogens is 334 g/mol. The number of carbonyl (C=O) groups excluding carboxylic acids is 1. The van der Waals surface area contributed by atoms with Crippen molar-refractivity contribution < 1.29 is 18.1 Å². The van der Waals surface area contributed by atoms with E-state index in [9.17, 15) is 23.3 Å². The van der Waals surface area contributed by atoms with Crippen molar-refractivity contribution in [2.24, 2.45) is 0 Å². The van der Waals surface area contributed by atoms with Crippen LogP contribution in [0.15, 0.2) is 24.3 Å². The highest BCUT2D eigenvalue weighted by molar-refractivity contribution is 7.88. The number of benzene rings is 1. The normalized spacial score (nSPS) is 18.4. The molecule has 2 rings (SSSR count). The molecule has 132 valence electrons. The molecule has 0 radical (unpaired) electrons. The van der Waals surface area contributed by atoms with E-state index < -0.39 is 14.9 Å². The molecule has 1 aromatic rings. The highest BCUT2D eigenvalue weighted by Crippen LogP contribution is 2.19. The van der Waals surface area contributed by atoms with Gasteiger partial charge in [0.05, 0.1) is 17.6 Å². The molecule has 8 nitrogen and oxygen atoms in total. The monoisotopic (exact) mass is 355 g/mol. The third kappa shape index (κ3) is 5.27. The van der Waals surface area contributed by atoms with Gasteiger partial charge in [-0.25, -0.2) is 13.1 Å². The summed E-state index contributed by atoms with van der Waals surface area (Å²) in [5.74, 6) is -0.0937. The van der Waals surface area contributed by atoms with Crippen LogP contribution in [0.5, 0.6) is 0 Å². The minimum Gasteiger partial charge on any atom is -0.338 e. The van der Waals surface area contributed by atoms with Gasteiger partial charge in [0.25, 0.3) is 5.69 Å². The number of hydrogen-bond donors (Lipinski definition) is 1. The van der Waals surface area contributed by atoms with Gasteiger partial charge in [0.1, 0.15) is 0 Å². The van der Waals surface area contributed by atoms with Gasteiger partial charge < -0.3 is 4.90 Å². The standard InChI is InChI=1S/C15H21N3O5S/c1-24(22,23)16-11-14-4-2-3-9-17(14)15(19)10-12-5-7-13(8-6-12)18(20)21/h5-8,14,16H,2-4,9-11H2,1H3. The highest BCUT2D eigenvalue weighted by atomic mass is 32.2. The summed E-state index contributed by atoms with van der Waals surface area (Å²) in [6, 6.07) is 5.75. The van der Waals surface area contributed by atoms with Crippen LogP contribution in [-0.4, -0.2) is 49.5 Å². The summed E-state index contributed by atoms with van der Waals surface area (Å²) in [5, 5.41) is 10.7. The first-order chi connectivity index (χ1) is 11.3. The highest BCUT2D eigenvalue weighted by Gasteiger charge is 2.27. The quantitative estimate of drug-likeness (QED) is 0.606. The van der Waals surface area contributed by atoms with E-state index >= 15 is 0 Å². The Labute approximate surface area is 141 Å². The number of nitrogens with one attached hydrogen (secondary N) is 1.